The van der Waals surface area contributed by atoms with E-state index < -0.39 is 0 Å². The summed E-state index contributed by atoms with van der Waals surface area (Å²) in [5.74, 6) is -0.163. The van der Waals surface area contributed by atoms with Crippen LogP contribution in [0.4, 0.5) is 0 Å². The van der Waals surface area contributed by atoms with Gasteiger partial charge in [0.1, 0.15) is 5.15 Å². The van der Waals surface area contributed by atoms with Crippen molar-refractivity contribution in [1.82, 2.24) is 15.3 Å². The number of aromatic nitrogens is 2. The molecule has 0 radical (unpaired) electrons. The second kappa shape index (κ2) is 8.41. The summed E-state index contributed by atoms with van der Waals surface area (Å²) in [4.78, 5) is 20.1. The summed E-state index contributed by atoms with van der Waals surface area (Å²) in [5, 5.41) is 3.35. The van der Waals surface area contributed by atoms with Crippen molar-refractivity contribution in [3.05, 3.63) is 89.5 Å². The molecule has 1 amide bonds. The molecule has 2 aromatic heterocycles. The maximum absolute atomic E-state index is 12.1. The van der Waals surface area contributed by atoms with Gasteiger partial charge in [0.15, 0.2) is 0 Å². The molecule has 0 aliphatic heterocycles. The molecular weight excluding hydrogens is 346 g/mol. The number of nitrogens with one attached hydrogen (secondary N) is 1. The number of rotatable bonds is 5. The highest BCUT2D eigenvalue weighted by Crippen LogP contribution is 2.21. The van der Waals surface area contributed by atoms with Gasteiger partial charge in [-0.1, -0.05) is 35.9 Å². The summed E-state index contributed by atoms with van der Waals surface area (Å²) in [6.45, 7) is 1.95. The molecule has 0 spiro atoms. The van der Waals surface area contributed by atoms with Crippen molar-refractivity contribution in [3.63, 3.8) is 0 Å². The number of halogens is 1. The smallest absolute Gasteiger partial charge is 0.244 e. The third kappa shape index (κ3) is 4.77. The van der Waals surface area contributed by atoms with Crippen LogP contribution in [0, 0.1) is 0 Å². The number of pyridine rings is 2. The fourth-order valence-electron chi connectivity index (χ4n) is 2.55. The van der Waals surface area contributed by atoms with Crippen LogP contribution in [0.1, 0.15) is 24.1 Å². The molecule has 0 bridgehead atoms. The van der Waals surface area contributed by atoms with Crippen molar-refractivity contribution in [2.75, 3.05) is 0 Å². The lowest BCUT2D eigenvalue weighted by molar-refractivity contribution is -0.117. The molecule has 1 unspecified atom stereocenters. The van der Waals surface area contributed by atoms with E-state index in [0.717, 1.165) is 22.3 Å². The van der Waals surface area contributed by atoms with Crippen LogP contribution in [-0.2, 0) is 4.79 Å². The SMILES string of the molecule is CC(NC(=O)/C=C/c1ccnc(Cl)c1)c1ccc(-c2ccncc2)cc1. The number of nitrogens with zero attached hydrogens (tertiary/aromatic N) is 2. The van der Waals surface area contributed by atoms with Crippen LogP contribution < -0.4 is 5.32 Å². The first kappa shape index (κ1) is 17.8. The zero-order chi connectivity index (χ0) is 18.4. The molecule has 0 saturated carbocycles. The molecular formula is C21H18ClN3O. The van der Waals surface area contributed by atoms with Crippen LogP contribution in [0.5, 0.6) is 0 Å². The van der Waals surface area contributed by atoms with Crippen LogP contribution >= 0.6 is 11.6 Å². The van der Waals surface area contributed by atoms with Gasteiger partial charge < -0.3 is 5.32 Å². The number of hydrogen-bond acceptors (Lipinski definition) is 3. The van der Waals surface area contributed by atoms with Crippen LogP contribution in [0.2, 0.25) is 5.15 Å². The van der Waals surface area contributed by atoms with Gasteiger partial charge >= 0.3 is 0 Å². The van der Waals surface area contributed by atoms with Crippen molar-refractivity contribution < 1.29 is 4.79 Å². The lowest BCUT2D eigenvalue weighted by Gasteiger charge is -2.13. The second-order valence-electron chi connectivity index (χ2n) is 5.83. The van der Waals surface area contributed by atoms with E-state index in [1.165, 1.54) is 6.08 Å². The van der Waals surface area contributed by atoms with Gasteiger partial charge in [-0.15, -0.1) is 0 Å². The molecule has 130 valence electrons. The Balaban J connectivity index is 1.62. The normalized spacial score (nSPS) is 12.1. The topological polar surface area (TPSA) is 54.9 Å². The summed E-state index contributed by atoms with van der Waals surface area (Å²) in [6, 6.07) is 15.5. The van der Waals surface area contributed by atoms with Gasteiger partial charge in [0.2, 0.25) is 5.91 Å². The average molecular weight is 364 g/mol. The minimum absolute atomic E-state index is 0.0975. The Morgan fingerprint density at radius 3 is 2.42 bits per heavy atom. The van der Waals surface area contributed by atoms with Crippen LogP contribution in [0.15, 0.2) is 73.2 Å². The lowest BCUT2D eigenvalue weighted by atomic mass is 10.0. The molecule has 26 heavy (non-hydrogen) atoms. The van der Waals surface area contributed by atoms with Crippen molar-refractivity contribution >= 4 is 23.6 Å². The maximum atomic E-state index is 12.1. The summed E-state index contributed by atoms with van der Waals surface area (Å²) in [6.07, 6.45) is 8.35. The van der Waals surface area contributed by atoms with Crippen molar-refractivity contribution in [3.8, 4) is 11.1 Å². The summed E-state index contributed by atoms with van der Waals surface area (Å²) in [5.41, 5.74) is 4.09. The molecule has 4 nitrogen and oxygen atoms in total. The monoisotopic (exact) mass is 363 g/mol. The summed E-state index contributed by atoms with van der Waals surface area (Å²) >= 11 is 5.83. The Labute approximate surface area is 157 Å². The van der Waals surface area contributed by atoms with Gasteiger partial charge in [-0.05, 0) is 59.5 Å². The predicted octanol–water partition coefficient (Wildman–Crippen LogP) is 4.69. The van der Waals surface area contributed by atoms with Gasteiger partial charge in [-0.3, -0.25) is 9.78 Å². The molecule has 0 aliphatic carbocycles. The van der Waals surface area contributed by atoms with E-state index in [9.17, 15) is 4.79 Å². The van der Waals surface area contributed by atoms with E-state index in [2.05, 4.69) is 15.3 Å². The zero-order valence-corrected chi connectivity index (χ0v) is 15.0. The first-order chi connectivity index (χ1) is 12.6. The first-order valence-electron chi connectivity index (χ1n) is 8.22. The molecule has 1 atom stereocenters. The molecule has 0 aliphatic rings. The van der Waals surface area contributed by atoms with Gasteiger partial charge in [0, 0.05) is 24.7 Å². The van der Waals surface area contributed by atoms with E-state index >= 15 is 0 Å². The van der Waals surface area contributed by atoms with E-state index in [4.69, 9.17) is 11.6 Å². The van der Waals surface area contributed by atoms with E-state index in [1.54, 1.807) is 36.8 Å². The minimum Gasteiger partial charge on any atom is -0.346 e. The van der Waals surface area contributed by atoms with Crippen molar-refractivity contribution in [2.24, 2.45) is 0 Å². The largest absolute Gasteiger partial charge is 0.346 e. The number of amides is 1. The van der Waals surface area contributed by atoms with Gasteiger partial charge in [0.05, 0.1) is 6.04 Å². The Morgan fingerprint density at radius 1 is 1.04 bits per heavy atom. The van der Waals surface area contributed by atoms with Crippen LogP contribution in [-0.4, -0.2) is 15.9 Å². The Hall–Kier alpha value is -2.98. The fraction of sp³-hybridized carbons (Fsp3) is 0.0952. The van der Waals surface area contributed by atoms with E-state index in [1.807, 2.05) is 43.3 Å². The molecule has 3 rings (SSSR count). The molecule has 3 aromatic rings. The van der Waals surface area contributed by atoms with E-state index in [0.29, 0.717) is 5.15 Å². The highest BCUT2D eigenvalue weighted by atomic mass is 35.5. The quantitative estimate of drug-likeness (QED) is 0.528. The average Bonchev–Trinajstić information content (AvgIpc) is 2.67. The highest BCUT2D eigenvalue weighted by molar-refractivity contribution is 6.29. The highest BCUT2D eigenvalue weighted by Gasteiger charge is 2.08. The number of benzene rings is 1. The third-order valence-electron chi connectivity index (χ3n) is 3.96. The predicted molar refractivity (Wildman–Crippen MR) is 105 cm³/mol. The van der Waals surface area contributed by atoms with Crippen molar-refractivity contribution in [2.45, 2.75) is 13.0 Å². The van der Waals surface area contributed by atoms with Gasteiger partial charge in [-0.25, -0.2) is 4.98 Å². The van der Waals surface area contributed by atoms with Gasteiger partial charge in [-0.2, -0.15) is 0 Å². The molecule has 0 saturated heterocycles. The Kier molecular flexibility index (Phi) is 5.77. The first-order valence-corrected chi connectivity index (χ1v) is 8.60. The van der Waals surface area contributed by atoms with Gasteiger partial charge in [0.25, 0.3) is 0 Å². The maximum Gasteiger partial charge on any atom is 0.244 e. The Bertz CT molecular complexity index is 908. The Morgan fingerprint density at radius 2 is 1.73 bits per heavy atom. The minimum atomic E-state index is -0.163. The van der Waals surface area contributed by atoms with Crippen molar-refractivity contribution in [1.29, 1.82) is 0 Å². The molecule has 5 heteroatoms. The standard InChI is InChI=1S/C21H18ClN3O/c1-15(25-21(26)7-2-16-8-13-24-20(22)14-16)17-3-5-18(6-4-17)19-9-11-23-12-10-19/h2-15H,1H3,(H,25,26)/b7-2+. The summed E-state index contributed by atoms with van der Waals surface area (Å²) in [7, 11) is 0. The second-order valence-corrected chi connectivity index (χ2v) is 6.22. The van der Waals surface area contributed by atoms with Crippen LogP contribution in [0.25, 0.3) is 17.2 Å². The number of carbonyl (C=O) groups excluding carboxylic acids is 1. The summed E-state index contributed by atoms with van der Waals surface area (Å²) < 4.78 is 0. The zero-order valence-electron chi connectivity index (χ0n) is 14.3. The lowest BCUT2D eigenvalue weighted by Crippen LogP contribution is -2.24. The third-order valence-corrected chi connectivity index (χ3v) is 4.17. The van der Waals surface area contributed by atoms with E-state index in [-0.39, 0.29) is 11.9 Å². The molecule has 2 heterocycles. The number of hydrogen-bond donors (Lipinski definition) is 1. The fourth-order valence-corrected chi connectivity index (χ4v) is 2.73. The molecule has 1 N–H and O–H groups in total. The number of carbonyl (C=O) groups is 1. The molecule has 1 aromatic carbocycles. The molecule has 0 fully saturated rings. The van der Waals surface area contributed by atoms with Crippen LogP contribution in [0.3, 0.4) is 0 Å².